The minimum Gasteiger partial charge on any atom is -0.309 e. The summed E-state index contributed by atoms with van der Waals surface area (Å²) < 4.78 is 4.62. The molecule has 3 aromatic heterocycles. The average molecular weight is 687 g/mol. The van der Waals surface area contributed by atoms with Crippen LogP contribution in [0.2, 0.25) is 0 Å². The Morgan fingerprint density at radius 1 is 0.352 bits per heavy atom. The zero-order valence-corrected chi connectivity index (χ0v) is 29.1. The lowest BCUT2D eigenvalue weighted by molar-refractivity contribution is 0.999. The molecule has 3 heterocycles. The van der Waals surface area contributed by atoms with Gasteiger partial charge in [0, 0.05) is 43.9 Å². The van der Waals surface area contributed by atoms with E-state index in [1.807, 2.05) is 0 Å². The van der Waals surface area contributed by atoms with Crippen LogP contribution in [0.3, 0.4) is 0 Å². The number of aromatic nitrogens is 4. The summed E-state index contributed by atoms with van der Waals surface area (Å²) in [6.07, 6.45) is 0. The van der Waals surface area contributed by atoms with E-state index in [0.29, 0.717) is 5.95 Å². The molecule has 0 radical (unpaired) electrons. The van der Waals surface area contributed by atoms with Crippen LogP contribution in [-0.2, 0) is 0 Å². The van der Waals surface area contributed by atoms with Gasteiger partial charge in [0.2, 0.25) is 5.95 Å². The van der Waals surface area contributed by atoms with Crippen LogP contribution in [-0.4, -0.2) is 19.1 Å². The molecule has 11 aromatic rings. The number of fused-ring (bicyclic) bond motifs is 9. The fraction of sp³-hybridized carbons (Fsp3) is 0. The van der Waals surface area contributed by atoms with Crippen LogP contribution in [0.1, 0.15) is 0 Å². The van der Waals surface area contributed by atoms with E-state index in [0.717, 1.165) is 44.8 Å². The second kappa shape index (κ2) is 11.1. The maximum absolute atomic E-state index is 5.45. The van der Waals surface area contributed by atoms with E-state index in [2.05, 4.69) is 191 Å². The molecule has 0 aliphatic heterocycles. The van der Waals surface area contributed by atoms with Gasteiger partial charge in [-0.1, -0.05) is 133 Å². The quantitative estimate of drug-likeness (QED) is 0.185. The highest BCUT2D eigenvalue weighted by Crippen LogP contribution is 2.50. The third-order valence-corrected chi connectivity index (χ3v) is 11.3. The van der Waals surface area contributed by atoms with Gasteiger partial charge in [-0.05, 0) is 76.0 Å². The molecule has 4 heteroatoms. The van der Waals surface area contributed by atoms with Gasteiger partial charge in [0.05, 0.1) is 33.5 Å². The molecule has 4 nitrogen and oxygen atoms in total. The van der Waals surface area contributed by atoms with Gasteiger partial charge in [-0.25, -0.2) is 9.97 Å². The van der Waals surface area contributed by atoms with E-state index in [4.69, 9.17) is 9.97 Å². The highest BCUT2D eigenvalue weighted by molar-refractivity contribution is 6.17. The summed E-state index contributed by atoms with van der Waals surface area (Å²) in [6, 6.07) is 65.3. The third kappa shape index (κ3) is 4.08. The van der Waals surface area contributed by atoms with Crippen molar-refractivity contribution in [3.8, 4) is 56.4 Å². The fourth-order valence-electron chi connectivity index (χ4n) is 8.93. The van der Waals surface area contributed by atoms with Crippen LogP contribution < -0.4 is 0 Å². The first kappa shape index (κ1) is 29.3. The van der Waals surface area contributed by atoms with E-state index in [1.54, 1.807) is 0 Å². The molecule has 0 spiro atoms. The Kier molecular flexibility index (Phi) is 6.02. The molecule has 0 fully saturated rings. The van der Waals surface area contributed by atoms with Gasteiger partial charge < -0.3 is 4.57 Å². The van der Waals surface area contributed by atoms with E-state index in [1.165, 1.54) is 60.0 Å². The van der Waals surface area contributed by atoms with Crippen molar-refractivity contribution in [2.24, 2.45) is 0 Å². The molecule has 0 bridgehead atoms. The maximum atomic E-state index is 5.45. The summed E-state index contributed by atoms with van der Waals surface area (Å²) >= 11 is 0. The Morgan fingerprint density at radius 2 is 0.889 bits per heavy atom. The average Bonchev–Trinajstić information content (AvgIpc) is 3.87. The van der Waals surface area contributed by atoms with Gasteiger partial charge in [-0.15, -0.1) is 0 Å². The number of rotatable bonds is 4. The van der Waals surface area contributed by atoms with E-state index in [-0.39, 0.29) is 0 Å². The molecule has 0 N–H and O–H groups in total. The summed E-state index contributed by atoms with van der Waals surface area (Å²) in [5.41, 5.74) is 14.5. The first-order valence-electron chi connectivity index (χ1n) is 18.4. The smallest absolute Gasteiger partial charge is 0.235 e. The number of para-hydroxylation sites is 3. The van der Waals surface area contributed by atoms with Crippen molar-refractivity contribution in [3.05, 3.63) is 182 Å². The molecule has 0 amide bonds. The summed E-state index contributed by atoms with van der Waals surface area (Å²) in [4.78, 5) is 10.9. The van der Waals surface area contributed by atoms with Gasteiger partial charge in [-0.2, -0.15) is 0 Å². The maximum Gasteiger partial charge on any atom is 0.235 e. The number of hydrogen-bond donors (Lipinski definition) is 0. The standard InChI is InChI=1S/C50H30N4/c1-3-13-32(14-4-1)48-47-38-21-11-15-31-16-12-22-39(46(31)38)49(47)52-50(51-48)54-43-24-10-8-20-37(43)41-30-34(26-28-45(41)54)33-25-27-44-40(29-33)36-19-7-9-23-42(36)53(44)35-17-5-2-6-18-35/h1-30H. The first-order chi connectivity index (χ1) is 26.8. The Hall–Kier alpha value is -7.30. The lowest BCUT2D eigenvalue weighted by Crippen LogP contribution is -2.04. The van der Waals surface area contributed by atoms with Crippen molar-refractivity contribution in [3.63, 3.8) is 0 Å². The molecule has 0 atom stereocenters. The highest BCUT2D eigenvalue weighted by Gasteiger charge is 2.29. The molecule has 0 saturated heterocycles. The Morgan fingerprint density at radius 3 is 1.57 bits per heavy atom. The summed E-state index contributed by atoms with van der Waals surface area (Å²) in [5.74, 6) is 0.673. The van der Waals surface area contributed by atoms with Crippen LogP contribution in [0.15, 0.2) is 182 Å². The zero-order chi connectivity index (χ0) is 35.3. The van der Waals surface area contributed by atoms with Crippen LogP contribution in [0, 0.1) is 0 Å². The predicted octanol–water partition coefficient (Wildman–Crippen LogP) is 12.8. The SMILES string of the molecule is c1ccc(-c2nc(-n3c4ccccc4c4cc(-c5ccc6c(c5)c5ccccc5n6-c5ccccc5)ccc43)nc3c2-c2cccc4cccc-3c24)cc1. The van der Waals surface area contributed by atoms with Crippen LogP contribution >= 0.6 is 0 Å². The van der Waals surface area contributed by atoms with Crippen LogP contribution in [0.4, 0.5) is 0 Å². The normalized spacial score (nSPS) is 12.1. The number of nitrogens with zero attached hydrogens (tertiary/aromatic N) is 4. The Bertz CT molecular complexity index is 3310. The fourth-order valence-corrected chi connectivity index (χ4v) is 8.93. The van der Waals surface area contributed by atoms with Crippen molar-refractivity contribution >= 4 is 54.4 Å². The third-order valence-electron chi connectivity index (χ3n) is 11.3. The van der Waals surface area contributed by atoms with Gasteiger partial charge in [0.1, 0.15) is 0 Å². The van der Waals surface area contributed by atoms with E-state index >= 15 is 0 Å². The summed E-state index contributed by atoms with van der Waals surface area (Å²) in [7, 11) is 0. The van der Waals surface area contributed by atoms with Crippen LogP contribution in [0.5, 0.6) is 0 Å². The Labute approximate surface area is 310 Å². The number of hydrogen-bond acceptors (Lipinski definition) is 2. The van der Waals surface area contributed by atoms with Crippen LogP contribution in [0.25, 0.3) is 111 Å². The molecular weight excluding hydrogens is 657 g/mol. The molecule has 0 unspecified atom stereocenters. The second-order valence-corrected chi connectivity index (χ2v) is 14.2. The second-order valence-electron chi connectivity index (χ2n) is 14.2. The van der Waals surface area contributed by atoms with Crippen molar-refractivity contribution in [1.29, 1.82) is 0 Å². The predicted molar refractivity (Wildman–Crippen MR) is 224 cm³/mol. The van der Waals surface area contributed by atoms with Crippen molar-refractivity contribution in [2.75, 3.05) is 0 Å². The molecule has 0 saturated carbocycles. The summed E-state index contributed by atoms with van der Waals surface area (Å²) in [5, 5.41) is 7.30. The largest absolute Gasteiger partial charge is 0.309 e. The molecule has 1 aliphatic rings. The molecule has 54 heavy (non-hydrogen) atoms. The highest BCUT2D eigenvalue weighted by atomic mass is 15.2. The zero-order valence-electron chi connectivity index (χ0n) is 29.1. The van der Waals surface area contributed by atoms with E-state index < -0.39 is 0 Å². The van der Waals surface area contributed by atoms with Crippen molar-refractivity contribution < 1.29 is 0 Å². The first-order valence-corrected chi connectivity index (χ1v) is 18.4. The van der Waals surface area contributed by atoms with Crippen molar-refractivity contribution in [2.45, 2.75) is 0 Å². The topological polar surface area (TPSA) is 35.6 Å². The van der Waals surface area contributed by atoms with Gasteiger partial charge in [0.25, 0.3) is 0 Å². The minimum absolute atomic E-state index is 0.673. The van der Waals surface area contributed by atoms with E-state index in [9.17, 15) is 0 Å². The molecular formula is C50H30N4. The monoisotopic (exact) mass is 686 g/mol. The van der Waals surface area contributed by atoms with Crippen molar-refractivity contribution in [1.82, 2.24) is 19.1 Å². The van der Waals surface area contributed by atoms with Gasteiger partial charge in [-0.3, -0.25) is 4.57 Å². The van der Waals surface area contributed by atoms with Gasteiger partial charge in [0.15, 0.2) is 0 Å². The molecule has 12 rings (SSSR count). The number of benzene rings is 8. The summed E-state index contributed by atoms with van der Waals surface area (Å²) in [6.45, 7) is 0. The molecule has 250 valence electrons. The molecule has 1 aliphatic carbocycles. The molecule has 8 aromatic carbocycles. The minimum atomic E-state index is 0.673. The lowest BCUT2D eigenvalue weighted by Gasteiger charge is -2.14. The van der Waals surface area contributed by atoms with Gasteiger partial charge >= 0.3 is 0 Å². The Balaban J connectivity index is 1.08. The lowest BCUT2D eigenvalue weighted by atomic mass is 10.00.